The van der Waals surface area contributed by atoms with Gasteiger partial charge in [0, 0.05) is 69.1 Å². The van der Waals surface area contributed by atoms with E-state index in [1.165, 1.54) is 19.2 Å². The molecule has 4 amide bonds. The van der Waals surface area contributed by atoms with Crippen molar-refractivity contribution in [3.63, 3.8) is 0 Å². The Hall–Kier alpha value is -6.73. The molecule has 0 bridgehead atoms. The van der Waals surface area contributed by atoms with Crippen molar-refractivity contribution in [3.8, 4) is 23.0 Å². The molecule has 10 heterocycles. The van der Waals surface area contributed by atoms with E-state index in [0.717, 1.165) is 121 Å². The molecule has 0 aliphatic carbocycles. The Labute approximate surface area is 452 Å². The number of nitrogens with zero attached hydrogens (tertiary/aromatic N) is 8. The third-order valence-corrected chi connectivity index (χ3v) is 18.3. The Bertz CT molecular complexity index is 3170. The van der Waals surface area contributed by atoms with Crippen LogP contribution in [0.25, 0.3) is 32.9 Å². The first kappa shape index (κ1) is 52.0. The van der Waals surface area contributed by atoms with Gasteiger partial charge < -0.3 is 38.9 Å². The van der Waals surface area contributed by atoms with Crippen LogP contribution in [-0.2, 0) is 38.4 Å². The van der Waals surface area contributed by atoms with Crippen LogP contribution >= 0.6 is 0 Å². The van der Waals surface area contributed by atoms with Crippen LogP contribution in [-0.4, -0.2) is 149 Å². The molecule has 3 aromatic carbocycles. The number of methoxy groups -OCH3 is 1. The summed E-state index contributed by atoms with van der Waals surface area (Å²) in [6.45, 7) is 10.4. The van der Waals surface area contributed by atoms with Crippen molar-refractivity contribution in [1.82, 2.24) is 35.0 Å². The summed E-state index contributed by atoms with van der Waals surface area (Å²) in [5, 5.41) is 14.8. The zero-order chi connectivity index (χ0) is 53.8. The van der Waals surface area contributed by atoms with Crippen LogP contribution < -0.4 is 19.9 Å². The van der Waals surface area contributed by atoms with E-state index in [1.807, 2.05) is 19.1 Å². The summed E-state index contributed by atoms with van der Waals surface area (Å²) in [5.41, 5.74) is 4.40. The second-order valence-corrected chi connectivity index (χ2v) is 22.6. The average molecular weight is 1070 g/mol. The lowest BCUT2D eigenvalue weighted by Crippen LogP contribution is -2.52. The lowest BCUT2D eigenvalue weighted by molar-refractivity contribution is -0.136. The minimum atomic E-state index is -0.624. The molecule has 2 aromatic heterocycles. The normalized spacial score (nSPS) is 22.6. The van der Waals surface area contributed by atoms with Gasteiger partial charge in [-0.3, -0.25) is 24.6 Å². The average Bonchev–Trinajstić information content (AvgIpc) is 4.21. The Morgan fingerprint density at radius 2 is 1.60 bits per heavy atom. The van der Waals surface area contributed by atoms with E-state index < -0.39 is 11.9 Å². The number of piperidine rings is 3. The minimum absolute atomic E-state index is 0.0143. The summed E-state index contributed by atoms with van der Waals surface area (Å²) < 4.78 is 49.3. The molecule has 6 fully saturated rings. The number of carbonyl (C=O) groups is 4. The molecule has 412 valence electrons. The first-order valence-electron chi connectivity index (χ1n) is 28.3. The lowest BCUT2D eigenvalue weighted by Gasteiger charge is -2.40. The fourth-order valence-electron chi connectivity index (χ4n) is 14.2. The molecule has 78 heavy (non-hydrogen) atoms. The van der Waals surface area contributed by atoms with Crippen molar-refractivity contribution in [3.05, 3.63) is 76.5 Å². The maximum Gasteiger partial charge on any atom is 0.409 e. The number of pyridine rings is 1. The number of aryl methyl sites for hydroxylation is 2. The number of rotatable bonds is 8. The number of hydrogen-bond donors (Lipinski definition) is 2. The van der Waals surface area contributed by atoms with Crippen LogP contribution in [0.15, 0.2) is 42.5 Å². The van der Waals surface area contributed by atoms with E-state index >= 15 is 8.78 Å². The number of fused-ring (bicyclic) bond motifs is 5. The van der Waals surface area contributed by atoms with Gasteiger partial charge in [0.15, 0.2) is 5.82 Å². The van der Waals surface area contributed by atoms with Gasteiger partial charge >= 0.3 is 12.1 Å². The SMILES string of the molecule is CCc1c(F)ccc2cc(O)cc(-c3nc4c5c(nc(OCC67CCCN6CCC7)nc5c3F)N3CCCOCC3CC4)c12.COC(=O)N1CCC(C2CCN(c3ccc4c(c3)CN(C3CCC(=O)NC3=O)C4=O)CC2)CC1. The second-order valence-electron chi connectivity index (χ2n) is 22.6. The van der Waals surface area contributed by atoms with Crippen LogP contribution in [0.1, 0.15) is 111 Å². The fourth-order valence-corrected chi connectivity index (χ4v) is 14.2. The van der Waals surface area contributed by atoms with E-state index in [2.05, 4.69) is 26.1 Å². The molecule has 0 spiro atoms. The zero-order valence-electron chi connectivity index (χ0n) is 44.7. The molecule has 0 radical (unpaired) electrons. The number of hydrogen-bond acceptors (Lipinski definition) is 14. The maximum atomic E-state index is 17.0. The predicted octanol–water partition coefficient (Wildman–Crippen LogP) is 8.08. The quantitative estimate of drug-likeness (QED) is 0.142. The standard InChI is InChI=1S/C34H37F2N5O3.C25H32N4O5/c1-2-23-25(35)8-6-20-16-22(42)17-24(27(20)23)30-29(36)31-28-26(37-30)9-7-21-18-43-15-5-14-41(21)32(28)39-33(38-31)44-19-34-10-3-12-40(34)13-4-11-34;1-34-25(33)28-12-8-17(9-13-28)16-6-10-27(11-7-16)19-2-3-20-18(14-19)15-29(24(20)32)21-4-5-22(30)26-23(21)31/h6,8,16-17,21,42H,2-5,7,9-15,18-19H2,1H3;2-3,14,16-17,21H,4-13,15H2,1H3,(H,26,30,31). The van der Waals surface area contributed by atoms with Crippen molar-refractivity contribution < 1.29 is 47.3 Å². The number of nitrogens with one attached hydrogen (secondary N) is 1. The predicted molar refractivity (Wildman–Crippen MR) is 289 cm³/mol. The molecule has 2 atom stereocenters. The van der Waals surface area contributed by atoms with Crippen molar-refractivity contribution in [2.45, 2.75) is 121 Å². The highest BCUT2D eigenvalue weighted by atomic mass is 19.1. The van der Waals surface area contributed by atoms with Crippen molar-refractivity contribution in [2.24, 2.45) is 11.8 Å². The second kappa shape index (κ2) is 21.5. The van der Waals surface area contributed by atoms with Gasteiger partial charge in [-0.2, -0.15) is 9.97 Å². The molecule has 17 nitrogen and oxygen atoms in total. The highest BCUT2D eigenvalue weighted by Gasteiger charge is 2.46. The number of anilines is 2. The largest absolute Gasteiger partial charge is 0.508 e. The van der Waals surface area contributed by atoms with E-state index in [-0.39, 0.29) is 70.6 Å². The molecule has 6 saturated heterocycles. The molecule has 8 aliphatic rings. The molecule has 19 heteroatoms. The maximum absolute atomic E-state index is 17.0. The number of amides is 4. The number of phenolic OH excluding ortho intramolecular Hbond substituents is 1. The van der Waals surface area contributed by atoms with E-state index in [4.69, 9.17) is 29.2 Å². The highest BCUT2D eigenvalue weighted by Crippen LogP contribution is 2.44. The van der Waals surface area contributed by atoms with Gasteiger partial charge in [0.1, 0.15) is 41.2 Å². The van der Waals surface area contributed by atoms with Crippen molar-refractivity contribution in [2.75, 3.05) is 82.5 Å². The van der Waals surface area contributed by atoms with Gasteiger partial charge in [0.25, 0.3) is 5.91 Å². The van der Waals surface area contributed by atoms with E-state index in [9.17, 15) is 24.3 Å². The molecule has 2 N–H and O–H groups in total. The minimum Gasteiger partial charge on any atom is -0.508 e. The molecule has 2 unspecified atom stereocenters. The molecular formula is C59H69F2N9O8. The van der Waals surface area contributed by atoms with Crippen LogP contribution in [0.3, 0.4) is 0 Å². The third-order valence-electron chi connectivity index (χ3n) is 18.3. The number of benzene rings is 3. The third kappa shape index (κ3) is 9.61. The molecule has 13 rings (SSSR count). The van der Waals surface area contributed by atoms with Gasteiger partial charge in [0.2, 0.25) is 11.8 Å². The summed E-state index contributed by atoms with van der Waals surface area (Å²) in [6, 6.07) is 11.7. The van der Waals surface area contributed by atoms with Crippen LogP contribution in [0, 0.1) is 23.5 Å². The Kier molecular flexibility index (Phi) is 14.3. The lowest BCUT2D eigenvalue weighted by atomic mass is 9.79. The molecular weight excluding hydrogens is 1000 g/mol. The summed E-state index contributed by atoms with van der Waals surface area (Å²) in [5.74, 6) is 0.156. The number of aromatic nitrogens is 3. The first-order valence-corrected chi connectivity index (χ1v) is 28.3. The monoisotopic (exact) mass is 1070 g/mol. The van der Waals surface area contributed by atoms with E-state index in [1.54, 1.807) is 21.9 Å². The van der Waals surface area contributed by atoms with Crippen LogP contribution in [0.2, 0.25) is 0 Å². The van der Waals surface area contributed by atoms with Crippen molar-refractivity contribution in [1.29, 1.82) is 0 Å². The molecule has 8 aliphatic heterocycles. The summed E-state index contributed by atoms with van der Waals surface area (Å²) in [7, 11) is 1.44. The topological polar surface area (TPSA) is 183 Å². The highest BCUT2D eigenvalue weighted by molar-refractivity contribution is 6.06. The van der Waals surface area contributed by atoms with Gasteiger partial charge in [0.05, 0.1) is 36.4 Å². The number of aromatic hydroxyl groups is 1. The number of imide groups is 1. The van der Waals surface area contributed by atoms with Gasteiger partial charge in [-0.25, -0.2) is 18.6 Å². The number of carbonyl (C=O) groups excluding carboxylic acids is 4. The number of likely N-dealkylation sites (tertiary alicyclic amines) is 1. The smallest absolute Gasteiger partial charge is 0.409 e. The summed E-state index contributed by atoms with van der Waals surface area (Å²) in [4.78, 5) is 73.5. The van der Waals surface area contributed by atoms with Gasteiger partial charge in [-0.1, -0.05) is 13.0 Å². The Morgan fingerprint density at radius 3 is 2.35 bits per heavy atom. The van der Waals surface area contributed by atoms with Gasteiger partial charge in [-0.05, 0) is 167 Å². The Balaban J connectivity index is 0.000000162. The summed E-state index contributed by atoms with van der Waals surface area (Å²) in [6.07, 6.45) is 11.8. The Morgan fingerprint density at radius 1 is 0.833 bits per heavy atom. The number of phenols is 1. The number of halogens is 2. The first-order chi connectivity index (χ1) is 37.9. The summed E-state index contributed by atoms with van der Waals surface area (Å²) >= 11 is 0. The van der Waals surface area contributed by atoms with Crippen molar-refractivity contribution >= 4 is 57.0 Å². The number of ether oxygens (including phenoxy) is 3. The van der Waals surface area contributed by atoms with E-state index in [0.29, 0.717) is 102 Å². The molecule has 0 saturated carbocycles. The van der Waals surface area contributed by atoms with Crippen LogP contribution in [0.5, 0.6) is 11.8 Å². The fraction of sp³-hybridized carbons (Fsp3) is 0.542. The zero-order valence-corrected chi connectivity index (χ0v) is 44.7. The van der Waals surface area contributed by atoms with Crippen LogP contribution in [0.4, 0.5) is 25.1 Å². The molecule has 5 aromatic rings. The van der Waals surface area contributed by atoms with Gasteiger partial charge in [-0.15, -0.1) is 0 Å².